The van der Waals surface area contributed by atoms with Gasteiger partial charge in [0.25, 0.3) is 0 Å². The van der Waals surface area contributed by atoms with E-state index in [4.69, 9.17) is 8.83 Å². The van der Waals surface area contributed by atoms with Gasteiger partial charge in [-0.15, -0.1) is 0 Å². The molecule has 0 aliphatic carbocycles. The monoisotopic (exact) mass is 536 g/mol. The predicted molar refractivity (Wildman–Crippen MR) is 175 cm³/mol. The summed E-state index contributed by atoms with van der Waals surface area (Å²) < 4.78 is 12.4. The normalized spacial score (nSPS) is 11.8. The van der Waals surface area contributed by atoms with Crippen molar-refractivity contribution >= 4 is 54.5 Å². The lowest BCUT2D eigenvalue weighted by Gasteiger charge is -2.18. The van der Waals surface area contributed by atoms with E-state index in [1.807, 2.05) is 18.2 Å². The van der Waals surface area contributed by atoms with Crippen LogP contribution in [0.5, 0.6) is 0 Å². The minimum Gasteiger partial charge on any atom is -0.464 e. The molecule has 9 rings (SSSR count). The fourth-order valence-corrected chi connectivity index (χ4v) is 6.74. The highest BCUT2D eigenvalue weighted by Gasteiger charge is 2.19. The van der Waals surface area contributed by atoms with Gasteiger partial charge in [-0.25, -0.2) is 0 Å². The number of furan rings is 2. The van der Waals surface area contributed by atoms with Crippen LogP contribution in [0.4, 0.5) is 0 Å². The lowest BCUT2D eigenvalue weighted by molar-refractivity contribution is 0.616. The molecule has 42 heavy (non-hydrogen) atoms. The first-order valence-electron chi connectivity index (χ1n) is 14.3. The molecule has 196 valence electrons. The molecule has 0 radical (unpaired) electrons. The maximum absolute atomic E-state index is 6.29. The zero-order chi connectivity index (χ0) is 27.6. The first-order valence-corrected chi connectivity index (χ1v) is 14.3. The van der Waals surface area contributed by atoms with Gasteiger partial charge in [0, 0.05) is 21.7 Å². The van der Waals surface area contributed by atoms with Crippen molar-refractivity contribution in [1.29, 1.82) is 0 Å². The predicted octanol–water partition coefficient (Wildman–Crippen LogP) is 11.6. The summed E-state index contributed by atoms with van der Waals surface area (Å²) in [7, 11) is 0. The van der Waals surface area contributed by atoms with Crippen molar-refractivity contribution < 1.29 is 8.83 Å². The van der Waals surface area contributed by atoms with E-state index in [2.05, 4.69) is 121 Å². The fraction of sp³-hybridized carbons (Fsp3) is 0. The van der Waals surface area contributed by atoms with Gasteiger partial charge in [-0.2, -0.15) is 0 Å². The topological polar surface area (TPSA) is 26.3 Å². The Morgan fingerprint density at radius 3 is 1.55 bits per heavy atom. The van der Waals surface area contributed by atoms with E-state index < -0.39 is 0 Å². The van der Waals surface area contributed by atoms with Gasteiger partial charge in [-0.1, -0.05) is 121 Å². The Kier molecular flexibility index (Phi) is 4.93. The highest BCUT2D eigenvalue weighted by atomic mass is 16.3. The van der Waals surface area contributed by atoms with E-state index in [-0.39, 0.29) is 0 Å². The van der Waals surface area contributed by atoms with Gasteiger partial charge in [0.1, 0.15) is 16.7 Å². The van der Waals surface area contributed by atoms with Crippen molar-refractivity contribution in [3.8, 4) is 33.4 Å². The molecule has 0 N–H and O–H groups in total. The van der Waals surface area contributed by atoms with Crippen molar-refractivity contribution in [2.24, 2.45) is 0 Å². The number of hydrogen-bond acceptors (Lipinski definition) is 2. The van der Waals surface area contributed by atoms with Crippen LogP contribution in [0.3, 0.4) is 0 Å². The summed E-state index contributed by atoms with van der Waals surface area (Å²) in [4.78, 5) is 0. The second-order valence-electron chi connectivity index (χ2n) is 10.8. The summed E-state index contributed by atoms with van der Waals surface area (Å²) in [6.45, 7) is 0. The van der Waals surface area contributed by atoms with Gasteiger partial charge in [-0.05, 0) is 67.6 Å². The van der Waals surface area contributed by atoms with Crippen LogP contribution in [0.1, 0.15) is 0 Å². The van der Waals surface area contributed by atoms with Gasteiger partial charge in [0.15, 0.2) is 0 Å². The molecular weight excluding hydrogens is 512 g/mol. The zero-order valence-corrected chi connectivity index (χ0v) is 22.7. The molecule has 7 aromatic carbocycles. The Hall–Kier alpha value is -5.60. The molecule has 0 bridgehead atoms. The Bertz CT molecular complexity index is 2380. The molecule has 0 saturated carbocycles. The molecule has 0 atom stereocenters. The largest absolute Gasteiger partial charge is 0.464 e. The highest BCUT2D eigenvalue weighted by Crippen LogP contribution is 2.45. The molecular formula is C40H24O2. The molecule has 2 heteroatoms. The molecule has 2 aromatic heterocycles. The van der Waals surface area contributed by atoms with E-state index >= 15 is 0 Å². The summed E-state index contributed by atoms with van der Waals surface area (Å²) in [6.07, 6.45) is 1.77. The zero-order valence-electron chi connectivity index (χ0n) is 22.7. The lowest BCUT2D eigenvalue weighted by Crippen LogP contribution is -1.90. The smallest absolute Gasteiger partial charge is 0.142 e. The Morgan fingerprint density at radius 1 is 0.381 bits per heavy atom. The third kappa shape index (κ3) is 3.33. The van der Waals surface area contributed by atoms with Crippen LogP contribution >= 0.6 is 0 Å². The van der Waals surface area contributed by atoms with Crippen LogP contribution in [-0.2, 0) is 0 Å². The maximum atomic E-state index is 6.29. The van der Waals surface area contributed by atoms with E-state index in [9.17, 15) is 0 Å². The summed E-state index contributed by atoms with van der Waals surface area (Å²) >= 11 is 0. The van der Waals surface area contributed by atoms with Gasteiger partial charge < -0.3 is 8.83 Å². The summed E-state index contributed by atoms with van der Waals surface area (Å²) in [5, 5.41) is 8.30. The Labute approximate surface area is 242 Å². The minimum absolute atomic E-state index is 0.873. The van der Waals surface area contributed by atoms with Crippen molar-refractivity contribution in [1.82, 2.24) is 0 Å². The van der Waals surface area contributed by atoms with E-state index in [1.165, 1.54) is 43.8 Å². The summed E-state index contributed by atoms with van der Waals surface area (Å²) in [5.74, 6) is 0. The molecule has 0 saturated heterocycles. The second kappa shape index (κ2) is 8.95. The second-order valence-corrected chi connectivity index (χ2v) is 10.8. The highest BCUT2D eigenvalue weighted by molar-refractivity contribution is 6.22. The van der Waals surface area contributed by atoms with Crippen LogP contribution in [0.2, 0.25) is 0 Å². The minimum atomic E-state index is 0.873. The van der Waals surface area contributed by atoms with Crippen LogP contribution in [0.25, 0.3) is 87.8 Å². The number of hydrogen-bond donors (Lipinski definition) is 0. The fourth-order valence-electron chi connectivity index (χ4n) is 6.74. The van der Waals surface area contributed by atoms with Crippen molar-refractivity contribution in [3.05, 3.63) is 146 Å². The summed E-state index contributed by atoms with van der Waals surface area (Å²) in [6, 6.07) is 49.5. The van der Waals surface area contributed by atoms with Crippen LogP contribution in [0, 0.1) is 0 Å². The molecule has 2 nitrogen and oxygen atoms in total. The van der Waals surface area contributed by atoms with Crippen LogP contribution in [0.15, 0.2) is 155 Å². The Morgan fingerprint density at radius 2 is 0.905 bits per heavy atom. The molecule has 0 amide bonds. The lowest BCUT2D eigenvalue weighted by atomic mass is 9.85. The standard InChI is InChI=1S/C40H24O2/c1-2-10-26(11-3-1)37-28-12-4-6-14-30(28)38(31-15-7-5-13-29(31)37)27-20-18-25(19-21-27)34-24-36-39(33-22-23-41-40(33)34)32-16-8-9-17-35(32)42-36/h1-24H. The van der Waals surface area contributed by atoms with Gasteiger partial charge in [-0.3, -0.25) is 0 Å². The average Bonchev–Trinajstić information content (AvgIpc) is 3.68. The quantitative estimate of drug-likeness (QED) is 0.210. The SMILES string of the molecule is c1ccc(-c2c3ccccc3c(-c3ccc(-c4cc5oc6ccccc6c5c5ccoc45)cc3)c3ccccc23)cc1. The van der Waals surface area contributed by atoms with Crippen LogP contribution < -0.4 is 0 Å². The molecule has 9 aromatic rings. The van der Waals surface area contributed by atoms with Gasteiger partial charge >= 0.3 is 0 Å². The van der Waals surface area contributed by atoms with Gasteiger partial charge in [0.05, 0.1) is 6.26 Å². The van der Waals surface area contributed by atoms with E-state index in [1.54, 1.807) is 6.26 Å². The maximum Gasteiger partial charge on any atom is 0.142 e. The van der Waals surface area contributed by atoms with Crippen molar-refractivity contribution in [2.45, 2.75) is 0 Å². The molecule has 0 fully saturated rings. The molecule has 0 aliphatic heterocycles. The third-order valence-electron chi connectivity index (χ3n) is 8.56. The van der Waals surface area contributed by atoms with E-state index in [0.717, 1.165) is 44.0 Å². The number of fused-ring (bicyclic) bond motifs is 7. The molecule has 0 unspecified atom stereocenters. The first kappa shape index (κ1) is 23.1. The van der Waals surface area contributed by atoms with Crippen molar-refractivity contribution in [2.75, 3.05) is 0 Å². The summed E-state index contributed by atoms with van der Waals surface area (Å²) in [5.41, 5.74) is 9.71. The number of para-hydroxylation sites is 1. The van der Waals surface area contributed by atoms with Crippen LogP contribution in [-0.4, -0.2) is 0 Å². The first-order chi connectivity index (χ1) is 20.8. The molecule has 0 aliphatic rings. The average molecular weight is 537 g/mol. The number of rotatable bonds is 3. The molecule has 0 spiro atoms. The molecule has 2 heterocycles. The van der Waals surface area contributed by atoms with Crippen molar-refractivity contribution in [3.63, 3.8) is 0 Å². The van der Waals surface area contributed by atoms with E-state index in [0.29, 0.717) is 0 Å². The van der Waals surface area contributed by atoms with Gasteiger partial charge in [0.2, 0.25) is 0 Å². The third-order valence-corrected chi connectivity index (χ3v) is 8.56. The Balaban J connectivity index is 1.26. The number of benzene rings is 7.